The molecule has 3 fully saturated rings. The number of hydrogen-bond acceptors (Lipinski definition) is 3. The highest BCUT2D eigenvalue weighted by Gasteiger charge is 2.43. The summed E-state index contributed by atoms with van der Waals surface area (Å²) in [5.74, 6) is 3.47. The van der Waals surface area contributed by atoms with Crippen molar-refractivity contribution < 1.29 is 9.53 Å². The van der Waals surface area contributed by atoms with E-state index in [2.05, 4.69) is 5.32 Å². The molecule has 96 valence electrons. The summed E-state index contributed by atoms with van der Waals surface area (Å²) in [6.07, 6.45) is 8.09. The van der Waals surface area contributed by atoms with Crippen LogP contribution in [0.3, 0.4) is 0 Å². The standard InChI is InChI=1S/C14H23NO2/c1-17-14(16)13-7-11-5-9-3-2-4-10(9)6-12(11)8-15-13/h9-13,15H,2-8H2,1H3. The lowest BCUT2D eigenvalue weighted by Crippen LogP contribution is -2.50. The SMILES string of the molecule is COC(=O)C1CC2CC3CCCC3CC2CN1. The van der Waals surface area contributed by atoms with Crippen LogP contribution in [-0.4, -0.2) is 25.7 Å². The van der Waals surface area contributed by atoms with Crippen molar-refractivity contribution in [1.82, 2.24) is 5.32 Å². The van der Waals surface area contributed by atoms with Gasteiger partial charge in [-0.05, 0) is 49.5 Å². The number of nitrogens with one attached hydrogen (secondary N) is 1. The molecule has 0 radical (unpaired) electrons. The molecular weight excluding hydrogens is 214 g/mol. The first-order valence-electron chi connectivity index (χ1n) is 7.09. The third-order valence-electron chi connectivity index (χ3n) is 5.34. The summed E-state index contributed by atoms with van der Waals surface area (Å²) in [5.41, 5.74) is 0. The van der Waals surface area contributed by atoms with Crippen LogP contribution in [0.15, 0.2) is 0 Å². The van der Waals surface area contributed by atoms with E-state index in [-0.39, 0.29) is 12.0 Å². The number of carbonyl (C=O) groups is 1. The van der Waals surface area contributed by atoms with Gasteiger partial charge in [0.15, 0.2) is 0 Å². The Balaban J connectivity index is 1.64. The summed E-state index contributed by atoms with van der Waals surface area (Å²) in [4.78, 5) is 11.6. The topological polar surface area (TPSA) is 38.3 Å². The first-order valence-corrected chi connectivity index (χ1v) is 7.09. The second-order valence-corrected chi connectivity index (χ2v) is 6.16. The minimum absolute atomic E-state index is 0.0424. The third kappa shape index (κ3) is 2.10. The van der Waals surface area contributed by atoms with Gasteiger partial charge in [0.2, 0.25) is 0 Å². The van der Waals surface area contributed by atoms with Gasteiger partial charge in [0, 0.05) is 0 Å². The van der Waals surface area contributed by atoms with Crippen molar-refractivity contribution in [3.8, 4) is 0 Å². The van der Waals surface area contributed by atoms with E-state index in [0.29, 0.717) is 0 Å². The second-order valence-electron chi connectivity index (χ2n) is 6.16. The fourth-order valence-corrected chi connectivity index (χ4v) is 4.44. The van der Waals surface area contributed by atoms with Crippen molar-refractivity contribution in [1.29, 1.82) is 0 Å². The molecule has 3 aliphatic rings. The average Bonchev–Trinajstić information content (AvgIpc) is 2.81. The molecule has 17 heavy (non-hydrogen) atoms. The molecule has 0 aromatic heterocycles. The van der Waals surface area contributed by atoms with Crippen LogP contribution >= 0.6 is 0 Å². The molecule has 3 nitrogen and oxygen atoms in total. The van der Waals surface area contributed by atoms with Crippen LogP contribution in [0.5, 0.6) is 0 Å². The van der Waals surface area contributed by atoms with E-state index in [9.17, 15) is 4.79 Å². The van der Waals surface area contributed by atoms with E-state index in [4.69, 9.17) is 4.74 Å². The zero-order valence-corrected chi connectivity index (χ0v) is 10.7. The largest absolute Gasteiger partial charge is 0.468 e. The first-order chi connectivity index (χ1) is 8.28. The van der Waals surface area contributed by atoms with Crippen molar-refractivity contribution in [3.05, 3.63) is 0 Å². The lowest BCUT2D eigenvalue weighted by atomic mass is 9.66. The van der Waals surface area contributed by atoms with E-state index in [1.807, 2.05) is 0 Å². The highest BCUT2D eigenvalue weighted by atomic mass is 16.5. The highest BCUT2D eigenvalue weighted by Crippen LogP contribution is 2.48. The van der Waals surface area contributed by atoms with Crippen molar-refractivity contribution in [2.45, 2.75) is 44.6 Å². The molecule has 2 aliphatic carbocycles. The third-order valence-corrected chi connectivity index (χ3v) is 5.34. The van der Waals surface area contributed by atoms with E-state index in [0.717, 1.165) is 36.6 Å². The maximum absolute atomic E-state index is 11.6. The van der Waals surface area contributed by atoms with Gasteiger partial charge in [0.1, 0.15) is 6.04 Å². The first kappa shape index (κ1) is 11.5. The average molecular weight is 237 g/mol. The lowest BCUT2D eigenvalue weighted by molar-refractivity contribution is -0.145. The van der Waals surface area contributed by atoms with E-state index in [1.165, 1.54) is 39.2 Å². The molecule has 5 atom stereocenters. The van der Waals surface area contributed by atoms with Gasteiger partial charge in [-0.1, -0.05) is 19.3 Å². The monoisotopic (exact) mass is 237 g/mol. The molecule has 0 aromatic carbocycles. The van der Waals surface area contributed by atoms with Gasteiger partial charge in [-0.25, -0.2) is 0 Å². The molecule has 0 spiro atoms. The van der Waals surface area contributed by atoms with Gasteiger partial charge >= 0.3 is 5.97 Å². The van der Waals surface area contributed by atoms with Crippen molar-refractivity contribution in [2.75, 3.05) is 13.7 Å². The molecule has 1 heterocycles. The van der Waals surface area contributed by atoms with Crippen LogP contribution < -0.4 is 5.32 Å². The summed E-state index contributed by atoms with van der Waals surface area (Å²) in [6, 6.07) is -0.0424. The van der Waals surface area contributed by atoms with Gasteiger partial charge in [-0.3, -0.25) is 4.79 Å². The Hall–Kier alpha value is -0.570. The summed E-state index contributed by atoms with van der Waals surface area (Å²) in [7, 11) is 1.49. The fraction of sp³-hybridized carbons (Fsp3) is 0.929. The summed E-state index contributed by atoms with van der Waals surface area (Å²) in [5, 5.41) is 3.37. The summed E-state index contributed by atoms with van der Waals surface area (Å²) in [6.45, 7) is 1.02. The lowest BCUT2D eigenvalue weighted by Gasteiger charge is -2.43. The molecular formula is C14H23NO2. The summed E-state index contributed by atoms with van der Waals surface area (Å²) >= 11 is 0. The molecule has 1 N–H and O–H groups in total. The van der Waals surface area contributed by atoms with Gasteiger partial charge in [0.05, 0.1) is 7.11 Å². The van der Waals surface area contributed by atoms with Crippen LogP contribution in [0.25, 0.3) is 0 Å². The Morgan fingerprint density at radius 1 is 1.06 bits per heavy atom. The van der Waals surface area contributed by atoms with Crippen molar-refractivity contribution >= 4 is 5.97 Å². The maximum Gasteiger partial charge on any atom is 0.322 e. The molecule has 2 saturated carbocycles. The van der Waals surface area contributed by atoms with Gasteiger partial charge < -0.3 is 10.1 Å². The number of methoxy groups -OCH3 is 1. The predicted molar refractivity (Wildman–Crippen MR) is 65.5 cm³/mol. The fourth-order valence-electron chi connectivity index (χ4n) is 4.44. The minimum atomic E-state index is -0.0722. The second kappa shape index (κ2) is 4.60. The Labute approximate surface area is 103 Å². The molecule has 3 rings (SSSR count). The molecule has 0 bridgehead atoms. The number of esters is 1. The number of ether oxygens (including phenoxy) is 1. The van der Waals surface area contributed by atoms with Crippen LogP contribution in [0.4, 0.5) is 0 Å². The molecule has 3 heteroatoms. The van der Waals surface area contributed by atoms with Crippen LogP contribution in [0, 0.1) is 23.7 Å². The smallest absolute Gasteiger partial charge is 0.322 e. The van der Waals surface area contributed by atoms with E-state index in [1.54, 1.807) is 0 Å². The Morgan fingerprint density at radius 3 is 2.47 bits per heavy atom. The van der Waals surface area contributed by atoms with Gasteiger partial charge in [0.25, 0.3) is 0 Å². The zero-order valence-electron chi connectivity index (χ0n) is 10.7. The van der Waals surface area contributed by atoms with Gasteiger partial charge in [-0.15, -0.1) is 0 Å². The molecule has 1 saturated heterocycles. The number of rotatable bonds is 1. The number of fused-ring (bicyclic) bond motifs is 2. The highest BCUT2D eigenvalue weighted by molar-refractivity contribution is 5.75. The normalized spacial score (nSPS) is 44.9. The molecule has 0 amide bonds. The Morgan fingerprint density at radius 2 is 1.76 bits per heavy atom. The van der Waals surface area contributed by atoms with Crippen LogP contribution in [-0.2, 0) is 9.53 Å². The number of carbonyl (C=O) groups excluding carboxylic acids is 1. The Kier molecular flexibility index (Phi) is 3.12. The van der Waals surface area contributed by atoms with Crippen molar-refractivity contribution in [3.63, 3.8) is 0 Å². The Bertz CT molecular complexity index is 305. The molecule has 0 aromatic rings. The summed E-state index contributed by atoms with van der Waals surface area (Å²) < 4.78 is 4.85. The maximum atomic E-state index is 11.6. The molecule has 1 aliphatic heterocycles. The minimum Gasteiger partial charge on any atom is -0.468 e. The zero-order chi connectivity index (χ0) is 11.8. The van der Waals surface area contributed by atoms with Crippen molar-refractivity contribution in [2.24, 2.45) is 23.7 Å². The predicted octanol–water partition coefficient (Wildman–Crippen LogP) is 1.96. The van der Waals surface area contributed by atoms with E-state index < -0.39 is 0 Å². The number of piperidine rings is 1. The van der Waals surface area contributed by atoms with Crippen LogP contribution in [0.1, 0.15) is 38.5 Å². The quantitative estimate of drug-likeness (QED) is 0.709. The van der Waals surface area contributed by atoms with Crippen LogP contribution in [0.2, 0.25) is 0 Å². The molecule has 5 unspecified atom stereocenters. The van der Waals surface area contributed by atoms with Gasteiger partial charge in [-0.2, -0.15) is 0 Å². The van der Waals surface area contributed by atoms with E-state index >= 15 is 0 Å². The number of hydrogen-bond donors (Lipinski definition) is 1.